The maximum Gasteiger partial charge on any atom is 0.253 e. The molecular formula is C16H22Cl2N2O4. The molecule has 0 bridgehead atoms. The molecule has 0 heterocycles. The Morgan fingerprint density at radius 3 is 2.38 bits per heavy atom. The Balaban J connectivity index is 2.60. The van der Waals surface area contributed by atoms with Crippen LogP contribution in [0.2, 0.25) is 0 Å². The molecule has 1 rings (SSSR count). The van der Waals surface area contributed by atoms with Gasteiger partial charge in [-0.1, -0.05) is 29.3 Å². The fourth-order valence-corrected chi connectivity index (χ4v) is 2.24. The second-order valence-corrected chi connectivity index (χ2v) is 6.33. The average molecular weight is 377 g/mol. The van der Waals surface area contributed by atoms with E-state index in [0.717, 1.165) is 5.56 Å². The highest BCUT2D eigenvalue weighted by Crippen LogP contribution is 2.27. The number of likely N-dealkylation sites (N-methyl/N-ethyl adjacent to an activating group) is 1. The zero-order valence-corrected chi connectivity index (χ0v) is 15.6. The molecule has 24 heavy (non-hydrogen) atoms. The van der Waals surface area contributed by atoms with Gasteiger partial charge in [0.1, 0.15) is 6.04 Å². The van der Waals surface area contributed by atoms with Crippen molar-refractivity contribution in [2.24, 2.45) is 0 Å². The molecule has 0 fully saturated rings. The smallest absolute Gasteiger partial charge is 0.253 e. The number of benzene rings is 1. The topological polar surface area (TPSA) is 67.9 Å². The number of nitrogens with one attached hydrogen (secondary N) is 1. The molecule has 1 aromatic carbocycles. The second-order valence-electron chi connectivity index (χ2n) is 5.23. The van der Waals surface area contributed by atoms with E-state index in [0.29, 0.717) is 24.5 Å². The summed E-state index contributed by atoms with van der Waals surface area (Å²) >= 11 is 10.9. The van der Waals surface area contributed by atoms with Crippen molar-refractivity contribution >= 4 is 35.0 Å². The van der Waals surface area contributed by atoms with Crippen LogP contribution >= 0.6 is 23.2 Å². The quantitative estimate of drug-likeness (QED) is 0.704. The van der Waals surface area contributed by atoms with Gasteiger partial charge in [-0.25, -0.2) is 0 Å². The summed E-state index contributed by atoms with van der Waals surface area (Å²) in [6.07, 6.45) is 0.636. The molecule has 0 saturated heterocycles. The van der Waals surface area contributed by atoms with Gasteiger partial charge in [0.05, 0.1) is 14.2 Å². The largest absolute Gasteiger partial charge is 0.493 e. The van der Waals surface area contributed by atoms with Crippen molar-refractivity contribution in [2.45, 2.75) is 24.2 Å². The molecule has 0 aliphatic heterocycles. The van der Waals surface area contributed by atoms with Crippen LogP contribution in [-0.4, -0.2) is 55.4 Å². The number of hydrogen-bond donors (Lipinski definition) is 1. The van der Waals surface area contributed by atoms with Gasteiger partial charge in [-0.15, -0.1) is 0 Å². The lowest BCUT2D eigenvalue weighted by Crippen LogP contribution is -2.47. The van der Waals surface area contributed by atoms with Crippen molar-refractivity contribution in [3.05, 3.63) is 23.8 Å². The van der Waals surface area contributed by atoms with Gasteiger partial charge in [-0.2, -0.15) is 0 Å². The lowest BCUT2D eigenvalue weighted by atomic mass is 10.1. The minimum atomic E-state index is -1.20. The Kier molecular flexibility index (Phi) is 8.15. The molecule has 0 radical (unpaired) electrons. The first-order valence-electron chi connectivity index (χ1n) is 7.34. The van der Waals surface area contributed by atoms with Crippen LogP contribution in [0.3, 0.4) is 0 Å². The van der Waals surface area contributed by atoms with E-state index >= 15 is 0 Å². The first-order valence-corrected chi connectivity index (χ1v) is 8.21. The summed E-state index contributed by atoms with van der Waals surface area (Å²) in [5, 5.41) is 2.46. The minimum Gasteiger partial charge on any atom is -0.493 e. The van der Waals surface area contributed by atoms with E-state index in [1.165, 1.54) is 0 Å². The highest BCUT2D eigenvalue weighted by Gasteiger charge is 2.22. The van der Waals surface area contributed by atoms with Gasteiger partial charge in [-0.05, 0) is 31.0 Å². The molecule has 1 N–H and O–H groups in total. The molecule has 6 nitrogen and oxygen atoms in total. The molecule has 0 aromatic heterocycles. The van der Waals surface area contributed by atoms with E-state index in [4.69, 9.17) is 32.7 Å². The van der Waals surface area contributed by atoms with E-state index in [-0.39, 0.29) is 5.91 Å². The van der Waals surface area contributed by atoms with Gasteiger partial charge < -0.3 is 19.7 Å². The van der Waals surface area contributed by atoms with Crippen LogP contribution in [0, 0.1) is 0 Å². The van der Waals surface area contributed by atoms with Crippen LogP contribution in [0.1, 0.15) is 12.5 Å². The van der Waals surface area contributed by atoms with Crippen LogP contribution in [-0.2, 0) is 16.0 Å². The van der Waals surface area contributed by atoms with Gasteiger partial charge in [0, 0.05) is 13.6 Å². The second kappa shape index (κ2) is 9.59. The van der Waals surface area contributed by atoms with Crippen molar-refractivity contribution in [1.82, 2.24) is 10.2 Å². The standard InChI is InChI=1S/C16H22Cl2N2O4/c1-10(19-15(21)14(17)18)16(22)20(2)8-7-11-5-6-12(23-3)13(9-11)24-4/h5-6,9-10,14H,7-8H2,1-4H3,(H,19,21). The van der Waals surface area contributed by atoms with E-state index < -0.39 is 16.8 Å². The molecule has 0 spiro atoms. The van der Waals surface area contributed by atoms with Crippen molar-refractivity contribution < 1.29 is 19.1 Å². The van der Waals surface area contributed by atoms with Gasteiger partial charge in [-0.3, -0.25) is 9.59 Å². The monoisotopic (exact) mass is 376 g/mol. The van der Waals surface area contributed by atoms with Gasteiger partial charge >= 0.3 is 0 Å². The number of carbonyl (C=O) groups excluding carboxylic acids is 2. The van der Waals surface area contributed by atoms with E-state index in [9.17, 15) is 9.59 Å². The van der Waals surface area contributed by atoms with Crippen molar-refractivity contribution in [3.63, 3.8) is 0 Å². The first kappa shape index (κ1) is 20.4. The number of alkyl halides is 2. The molecule has 8 heteroatoms. The number of methoxy groups -OCH3 is 2. The van der Waals surface area contributed by atoms with Crippen LogP contribution in [0.4, 0.5) is 0 Å². The van der Waals surface area contributed by atoms with Gasteiger partial charge in [0.25, 0.3) is 5.91 Å². The number of ether oxygens (including phenoxy) is 2. The third kappa shape index (κ3) is 5.76. The molecule has 2 amide bonds. The Bertz CT molecular complexity index is 581. The Morgan fingerprint density at radius 1 is 1.21 bits per heavy atom. The first-order chi connectivity index (χ1) is 11.3. The maximum atomic E-state index is 12.2. The summed E-state index contributed by atoms with van der Waals surface area (Å²) in [6.45, 7) is 2.07. The summed E-state index contributed by atoms with van der Waals surface area (Å²) in [6, 6.07) is 4.90. The number of halogens is 2. The fourth-order valence-electron chi connectivity index (χ4n) is 2.11. The average Bonchev–Trinajstić information content (AvgIpc) is 2.58. The van der Waals surface area contributed by atoms with E-state index in [1.807, 2.05) is 18.2 Å². The summed E-state index contributed by atoms with van der Waals surface area (Å²) < 4.78 is 10.4. The molecule has 0 aliphatic carbocycles. The molecule has 134 valence electrons. The highest BCUT2D eigenvalue weighted by molar-refractivity contribution is 6.53. The molecular weight excluding hydrogens is 355 g/mol. The Hall–Kier alpha value is -1.66. The maximum absolute atomic E-state index is 12.2. The predicted octanol–water partition coefficient (Wildman–Crippen LogP) is 2.01. The van der Waals surface area contributed by atoms with Gasteiger partial charge in [0.15, 0.2) is 16.3 Å². The number of amides is 2. The molecule has 0 aliphatic rings. The molecule has 0 saturated carbocycles. The zero-order chi connectivity index (χ0) is 18.3. The molecule has 1 aromatic rings. The molecule has 1 atom stereocenters. The summed E-state index contributed by atoms with van der Waals surface area (Å²) in [7, 11) is 4.82. The fraction of sp³-hybridized carbons (Fsp3) is 0.500. The minimum absolute atomic E-state index is 0.224. The normalized spacial score (nSPS) is 11.8. The highest BCUT2D eigenvalue weighted by atomic mass is 35.5. The van der Waals surface area contributed by atoms with E-state index in [1.54, 1.807) is 33.1 Å². The van der Waals surface area contributed by atoms with Gasteiger partial charge in [0.2, 0.25) is 5.91 Å². The zero-order valence-electron chi connectivity index (χ0n) is 14.1. The Morgan fingerprint density at radius 2 is 1.83 bits per heavy atom. The number of nitrogens with zero attached hydrogens (tertiary/aromatic N) is 1. The van der Waals surface area contributed by atoms with Crippen LogP contribution in [0.15, 0.2) is 18.2 Å². The number of hydrogen-bond acceptors (Lipinski definition) is 4. The Labute approximate surface area is 152 Å². The SMILES string of the molecule is COc1ccc(CCN(C)C(=O)C(C)NC(=O)C(Cl)Cl)cc1OC. The third-order valence-corrected chi connectivity index (χ3v) is 3.88. The van der Waals surface area contributed by atoms with Crippen molar-refractivity contribution in [3.8, 4) is 11.5 Å². The van der Waals surface area contributed by atoms with Crippen LogP contribution < -0.4 is 14.8 Å². The summed E-state index contributed by atoms with van der Waals surface area (Å²) in [5.41, 5.74) is 1.01. The number of carbonyl (C=O) groups is 2. The van der Waals surface area contributed by atoms with Crippen molar-refractivity contribution in [1.29, 1.82) is 0 Å². The predicted molar refractivity (Wildman–Crippen MR) is 94.0 cm³/mol. The van der Waals surface area contributed by atoms with Crippen molar-refractivity contribution in [2.75, 3.05) is 27.8 Å². The number of rotatable bonds is 8. The van der Waals surface area contributed by atoms with E-state index in [2.05, 4.69) is 5.32 Å². The lowest BCUT2D eigenvalue weighted by molar-refractivity contribution is -0.134. The van der Waals surface area contributed by atoms with Crippen LogP contribution in [0.25, 0.3) is 0 Å². The molecule has 1 unspecified atom stereocenters. The third-order valence-electron chi connectivity index (χ3n) is 3.49. The summed E-state index contributed by atoms with van der Waals surface area (Å²) in [5.74, 6) is 0.476. The van der Waals surface area contributed by atoms with Crippen LogP contribution in [0.5, 0.6) is 11.5 Å². The lowest BCUT2D eigenvalue weighted by Gasteiger charge is -2.22. The summed E-state index contributed by atoms with van der Waals surface area (Å²) in [4.78, 5) is 24.0.